The Hall–Kier alpha value is -2.04. The number of anilines is 1. The largest absolute Gasteiger partial charge is 0.481 e. The third kappa shape index (κ3) is 2.92. The molecule has 1 aliphatic heterocycles. The van der Waals surface area contributed by atoms with Crippen LogP contribution in [-0.2, 0) is 15.0 Å². The summed E-state index contributed by atoms with van der Waals surface area (Å²) in [6.45, 7) is 1.92. The Morgan fingerprint density at radius 2 is 1.74 bits per heavy atom. The molecule has 0 bridgehead atoms. The number of rotatable bonds is 3. The van der Waals surface area contributed by atoms with E-state index in [-0.39, 0.29) is 5.91 Å². The van der Waals surface area contributed by atoms with Crippen molar-refractivity contribution in [2.24, 2.45) is 0 Å². The zero-order valence-electron chi connectivity index (χ0n) is 13.6. The highest BCUT2D eigenvalue weighted by Gasteiger charge is 2.41. The van der Waals surface area contributed by atoms with Gasteiger partial charge in [-0.2, -0.15) is 0 Å². The van der Waals surface area contributed by atoms with E-state index in [1.165, 1.54) is 0 Å². The molecule has 2 aliphatic rings. The summed E-state index contributed by atoms with van der Waals surface area (Å²) in [5.74, 6) is -0.589. The molecule has 23 heavy (non-hydrogen) atoms. The maximum atomic E-state index is 11.9. The van der Waals surface area contributed by atoms with Gasteiger partial charge in [0.1, 0.15) is 0 Å². The van der Waals surface area contributed by atoms with E-state index in [1.807, 2.05) is 31.3 Å². The van der Waals surface area contributed by atoms with Crippen LogP contribution in [0.2, 0.25) is 0 Å². The van der Waals surface area contributed by atoms with Crippen molar-refractivity contribution >= 4 is 17.6 Å². The molecule has 0 atom stereocenters. The second-order valence-corrected chi connectivity index (χ2v) is 6.73. The highest BCUT2D eigenvalue weighted by atomic mass is 16.4. The van der Waals surface area contributed by atoms with Crippen molar-refractivity contribution in [2.45, 2.75) is 37.5 Å². The summed E-state index contributed by atoms with van der Waals surface area (Å²) in [4.78, 5) is 27.5. The summed E-state index contributed by atoms with van der Waals surface area (Å²) in [5, 5.41) is 9.76. The molecule has 1 heterocycles. The SMILES string of the molecule is CN1CCN(c2ccc(C3(C(=O)O)CCCCC3)cc2)CC1=O. The molecule has 1 aromatic carbocycles. The lowest BCUT2D eigenvalue weighted by Gasteiger charge is -2.35. The number of carbonyl (C=O) groups excluding carboxylic acids is 1. The molecular weight excluding hydrogens is 292 g/mol. The molecule has 0 aromatic heterocycles. The zero-order chi connectivity index (χ0) is 16.4. The number of amides is 1. The number of aliphatic carboxylic acids is 1. The first-order valence-electron chi connectivity index (χ1n) is 8.36. The molecule has 0 unspecified atom stereocenters. The molecule has 1 saturated carbocycles. The predicted octanol–water partition coefficient (Wildman–Crippen LogP) is 2.25. The van der Waals surface area contributed by atoms with Crippen LogP contribution in [0, 0.1) is 0 Å². The van der Waals surface area contributed by atoms with E-state index in [4.69, 9.17) is 0 Å². The molecule has 1 aliphatic carbocycles. The monoisotopic (exact) mass is 316 g/mol. The Morgan fingerprint density at radius 3 is 2.30 bits per heavy atom. The Bertz CT molecular complexity index is 591. The van der Waals surface area contributed by atoms with E-state index in [0.717, 1.165) is 43.6 Å². The van der Waals surface area contributed by atoms with E-state index in [9.17, 15) is 14.7 Å². The normalized spacial score (nSPS) is 21.3. The minimum atomic E-state index is -0.727. The van der Waals surface area contributed by atoms with E-state index >= 15 is 0 Å². The fourth-order valence-corrected chi connectivity index (χ4v) is 3.75. The zero-order valence-corrected chi connectivity index (χ0v) is 13.6. The quantitative estimate of drug-likeness (QED) is 0.929. The van der Waals surface area contributed by atoms with E-state index in [0.29, 0.717) is 19.4 Å². The molecule has 5 nitrogen and oxygen atoms in total. The lowest BCUT2D eigenvalue weighted by atomic mass is 9.69. The average molecular weight is 316 g/mol. The first-order valence-corrected chi connectivity index (χ1v) is 8.36. The smallest absolute Gasteiger partial charge is 0.314 e. The number of piperazine rings is 1. The standard InChI is InChI=1S/C18H24N2O3/c1-19-11-12-20(13-16(19)21)15-7-5-14(6-8-15)18(17(22)23)9-3-2-4-10-18/h5-8H,2-4,9-13H2,1H3,(H,22,23). The van der Waals surface area contributed by atoms with Crippen molar-refractivity contribution in [3.63, 3.8) is 0 Å². The number of hydrogen-bond donors (Lipinski definition) is 1. The van der Waals surface area contributed by atoms with Crippen molar-refractivity contribution in [2.75, 3.05) is 31.6 Å². The van der Waals surface area contributed by atoms with Gasteiger partial charge in [0.2, 0.25) is 5.91 Å². The van der Waals surface area contributed by atoms with Gasteiger partial charge in [0.15, 0.2) is 0 Å². The van der Waals surface area contributed by atoms with Crippen LogP contribution in [0.3, 0.4) is 0 Å². The Morgan fingerprint density at radius 1 is 1.09 bits per heavy atom. The van der Waals surface area contributed by atoms with Gasteiger partial charge in [-0.05, 0) is 30.5 Å². The summed E-state index contributed by atoms with van der Waals surface area (Å²) < 4.78 is 0. The van der Waals surface area contributed by atoms with Crippen molar-refractivity contribution < 1.29 is 14.7 Å². The number of likely N-dealkylation sites (N-methyl/N-ethyl adjacent to an activating group) is 1. The number of nitrogens with zero attached hydrogens (tertiary/aromatic N) is 2. The van der Waals surface area contributed by atoms with Gasteiger partial charge < -0.3 is 14.9 Å². The van der Waals surface area contributed by atoms with Crippen LogP contribution >= 0.6 is 0 Å². The van der Waals surface area contributed by atoms with Gasteiger partial charge in [0.25, 0.3) is 0 Å². The van der Waals surface area contributed by atoms with Crippen LogP contribution in [0.4, 0.5) is 5.69 Å². The Labute approximate surface area is 136 Å². The second-order valence-electron chi connectivity index (χ2n) is 6.73. The van der Waals surface area contributed by atoms with Gasteiger partial charge in [0.05, 0.1) is 12.0 Å². The third-order valence-electron chi connectivity index (χ3n) is 5.36. The van der Waals surface area contributed by atoms with E-state index in [1.54, 1.807) is 4.90 Å². The van der Waals surface area contributed by atoms with E-state index in [2.05, 4.69) is 4.90 Å². The summed E-state index contributed by atoms with van der Waals surface area (Å²) in [6, 6.07) is 7.82. The summed E-state index contributed by atoms with van der Waals surface area (Å²) in [6.07, 6.45) is 4.50. The van der Waals surface area contributed by atoms with Crippen molar-refractivity contribution in [3.05, 3.63) is 29.8 Å². The maximum absolute atomic E-state index is 11.9. The minimum Gasteiger partial charge on any atom is -0.481 e. The summed E-state index contributed by atoms with van der Waals surface area (Å²) >= 11 is 0. The van der Waals surface area contributed by atoms with Gasteiger partial charge in [-0.25, -0.2) is 0 Å². The molecule has 1 amide bonds. The predicted molar refractivity (Wildman–Crippen MR) is 88.7 cm³/mol. The number of benzene rings is 1. The molecule has 1 aromatic rings. The maximum Gasteiger partial charge on any atom is 0.314 e. The van der Waals surface area contributed by atoms with Crippen LogP contribution in [-0.4, -0.2) is 48.6 Å². The minimum absolute atomic E-state index is 0.120. The van der Waals surface area contributed by atoms with Gasteiger partial charge in [-0.3, -0.25) is 9.59 Å². The number of carboxylic acid groups (broad SMARTS) is 1. The number of carbonyl (C=O) groups is 2. The van der Waals surface area contributed by atoms with Crippen LogP contribution in [0.25, 0.3) is 0 Å². The van der Waals surface area contributed by atoms with E-state index < -0.39 is 11.4 Å². The molecule has 0 spiro atoms. The fraction of sp³-hybridized carbons (Fsp3) is 0.556. The number of hydrogen-bond acceptors (Lipinski definition) is 3. The Kier molecular flexibility index (Phi) is 4.28. The second kappa shape index (κ2) is 6.22. The average Bonchev–Trinajstić information content (AvgIpc) is 2.58. The third-order valence-corrected chi connectivity index (χ3v) is 5.36. The topological polar surface area (TPSA) is 60.9 Å². The highest BCUT2D eigenvalue weighted by molar-refractivity contribution is 5.83. The van der Waals surface area contributed by atoms with Crippen LogP contribution in [0.1, 0.15) is 37.7 Å². The summed E-state index contributed by atoms with van der Waals surface area (Å²) in [5.41, 5.74) is 1.16. The molecular formula is C18H24N2O3. The first-order chi connectivity index (χ1) is 11.0. The molecule has 1 N–H and O–H groups in total. The van der Waals surface area contributed by atoms with Gasteiger partial charge in [0, 0.05) is 25.8 Å². The van der Waals surface area contributed by atoms with Crippen LogP contribution in [0.15, 0.2) is 24.3 Å². The van der Waals surface area contributed by atoms with Crippen molar-refractivity contribution in [1.29, 1.82) is 0 Å². The molecule has 3 rings (SSSR count). The molecule has 5 heteroatoms. The lowest BCUT2D eigenvalue weighted by molar-refractivity contribution is -0.145. The van der Waals surface area contributed by atoms with Crippen LogP contribution < -0.4 is 4.90 Å². The Balaban J connectivity index is 1.81. The molecule has 0 radical (unpaired) electrons. The van der Waals surface area contributed by atoms with Crippen LogP contribution in [0.5, 0.6) is 0 Å². The first kappa shape index (κ1) is 15.8. The lowest BCUT2D eigenvalue weighted by Crippen LogP contribution is -2.48. The highest BCUT2D eigenvalue weighted by Crippen LogP contribution is 2.40. The molecule has 1 saturated heterocycles. The molecule has 2 fully saturated rings. The molecule has 124 valence electrons. The summed E-state index contributed by atoms with van der Waals surface area (Å²) in [7, 11) is 1.82. The van der Waals surface area contributed by atoms with Crippen molar-refractivity contribution in [1.82, 2.24) is 4.90 Å². The fourth-order valence-electron chi connectivity index (χ4n) is 3.75. The van der Waals surface area contributed by atoms with Gasteiger partial charge in [-0.15, -0.1) is 0 Å². The van der Waals surface area contributed by atoms with Crippen molar-refractivity contribution in [3.8, 4) is 0 Å². The van der Waals surface area contributed by atoms with Gasteiger partial charge in [-0.1, -0.05) is 31.4 Å². The number of carboxylic acids is 1. The van der Waals surface area contributed by atoms with Gasteiger partial charge >= 0.3 is 5.97 Å².